The van der Waals surface area contributed by atoms with Crippen molar-refractivity contribution in [3.63, 3.8) is 0 Å². The molecule has 1 aromatic rings. The molecule has 20 heavy (non-hydrogen) atoms. The van der Waals surface area contributed by atoms with Crippen LogP contribution in [0.15, 0.2) is 4.47 Å². The van der Waals surface area contributed by atoms with E-state index in [1.807, 2.05) is 0 Å². The van der Waals surface area contributed by atoms with E-state index in [0.717, 1.165) is 36.2 Å². The van der Waals surface area contributed by atoms with E-state index in [1.54, 1.807) is 0 Å². The summed E-state index contributed by atoms with van der Waals surface area (Å²) in [6.07, 6.45) is 5.68. The molecule has 0 aromatic carbocycles. The summed E-state index contributed by atoms with van der Waals surface area (Å²) in [5, 5.41) is 17.4. The van der Waals surface area contributed by atoms with Gasteiger partial charge in [0.05, 0.1) is 10.2 Å². The van der Waals surface area contributed by atoms with Crippen molar-refractivity contribution in [2.24, 2.45) is 5.92 Å². The van der Waals surface area contributed by atoms with Gasteiger partial charge in [-0.15, -0.1) is 0 Å². The molecule has 114 valence electrons. The van der Waals surface area contributed by atoms with Gasteiger partial charge < -0.3 is 10.4 Å². The molecule has 1 aliphatic heterocycles. The summed E-state index contributed by atoms with van der Waals surface area (Å²) in [4.78, 5) is 0. The molecular weight excluding hydrogens is 318 g/mol. The third-order valence-corrected chi connectivity index (χ3v) is 5.01. The second kappa shape index (κ2) is 7.46. The van der Waals surface area contributed by atoms with Crippen molar-refractivity contribution in [2.75, 3.05) is 18.5 Å². The van der Waals surface area contributed by atoms with Crippen LogP contribution in [0.25, 0.3) is 0 Å². The van der Waals surface area contributed by atoms with E-state index < -0.39 is 0 Å². The second-order valence-electron chi connectivity index (χ2n) is 5.74. The van der Waals surface area contributed by atoms with E-state index in [4.69, 9.17) is 10.2 Å². The molecule has 0 amide bonds. The van der Waals surface area contributed by atoms with Crippen LogP contribution < -0.4 is 5.32 Å². The Hall–Kier alpha value is -0.550. The van der Waals surface area contributed by atoms with Gasteiger partial charge in [0.25, 0.3) is 0 Å². The van der Waals surface area contributed by atoms with Gasteiger partial charge >= 0.3 is 0 Å². The number of aromatic nitrogens is 2. The summed E-state index contributed by atoms with van der Waals surface area (Å²) in [5.41, 5.74) is 1.20. The van der Waals surface area contributed by atoms with Gasteiger partial charge in [-0.25, -0.2) is 4.68 Å². The van der Waals surface area contributed by atoms with Crippen LogP contribution >= 0.6 is 15.9 Å². The highest BCUT2D eigenvalue weighted by atomic mass is 79.9. The molecule has 4 nitrogen and oxygen atoms in total. The molecule has 2 heterocycles. The maximum Gasteiger partial charge on any atom is 0.139 e. The summed E-state index contributed by atoms with van der Waals surface area (Å²) < 4.78 is 3.22. The quantitative estimate of drug-likeness (QED) is 0.792. The molecule has 1 aliphatic rings. The standard InChI is InChI=1S/C15H26BrN3O/c1-3-5-6-12(4-2)14-13(16)15-17-9-11(7-8-20)10-19(15)18-14/h11-12,17,20H,3-10H2,1-2H3. The largest absolute Gasteiger partial charge is 0.396 e. The van der Waals surface area contributed by atoms with Gasteiger partial charge in [0.1, 0.15) is 5.82 Å². The smallest absolute Gasteiger partial charge is 0.139 e. The van der Waals surface area contributed by atoms with E-state index in [9.17, 15) is 0 Å². The first-order valence-corrected chi connectivity index (χ1v) is 8.61. The number of hydrogen-bond acceptors (Lipinski definition) is 3. The Morgan fingerprint density at radius 2 is 2.30 bits per heavy atom. The highest BCUT2D eigenvalue weighted by Gasteiger charge is 2.26. The monoisotopic (exact) mass is 343 g/mol. The minimum atomic E-state index is 0.255. The topological polar surface area (TPSA) is 50.1 Å². The van der Waals surface area contributed by atoms with Crippen LogP contribution in [-0.2, 0) is 6.54 Å². The Morgan fingerprint density at radius 1 is 1.50 bits per heavy atom. The van der Waals surface area contributed by atoms with Gasteiger partial charge in [-0.1, -0.05) is 26.7 Å². The highest BCUT2D eigenvalue weighted by Crippen LogP contribution is 2.37. The number of aliphatic hydroxyl groups excluding tert-OH is 1. The molecule has 0 saturated heterocycles. The Morgan fingerprint density at radius 3 is 2.95 bits per heavy atom. The van der Waals surface area contributed by atoms with Crippen LogP contribution in [0.2, 0.25) is 0 Å². The molecule has 2 N–H and O–H groups in total. The second-order valence-corrected chi connectivity index (χ2v) is 6.53. The summed E-state index contributed by atoms with van der Waals surface area (Å²) in [6.45, 7) is 6.57. The van der Waals surface area contributed by atoms with Crippen molar-refractivity contribution in [1.29, 1.82) is 0 Å². The molecule has 0 spiro atoms. The van der Waals surface area contributed by atoms with Crippen LogP contribution in [0.3, 0.4) is 0 Å². The van der Waals surface area contributed by atoms with Gasteiger partial charge in [0.15, 0.2) is 0 Å². The fourth-order valence-electron chi connectivity index (χ4n) is 2.93. The molecule has 0 saturated carbocycles. The maximum absolute atomic E-state index is 9.08. The lowest BCUT2D eigenvalue weighted by Gasteiger charge is -2.24. The number of aliphatic hydroxyl groups is 1. The lowest BCUT2D eigenvalue weighted by atomic mass is 9.96. The van der Waals surface area contributed by atoms with E-state index in [1.165, 1.54) is 25.0 Å². The molecule has 0 aliphatic carbocycles. The Bertz CT molecular complexity index is 433. The Balaban J connectivity index is 2.16. The van der Waals surface area contributed by atoms with Crippen molar-refractivity contribution in [1.82, 2.24) is 9.78 Å². The van der Waals surface area contributed by atoms with Gasteiger partial charge in [-0.3, -0.25) is 0 Å². The molecule has 0 fully saturated rings. The van der Waals surface area contributed by atoms with Crippen molar-refractivity contribution in [3.05, 3.63) is 10.2 Å². The highest BCUT2D eigenvalue weighted by molar-refractivity contribution is 9.10. The average molecular weight is 344 g/mol. The van der Waals surface area contributed by atoms with Crippen LogP contribution in [0, 0.1) is 5.92 Å². The number of halogens is 1. The van der Waals surface area contributed by atoms with Gasteiger partial charge in [-0.05, 0) is 41.1 Å². The SMILES string of the molecule is CCCCC(CC)c1nn2c(c1Br)NCC(CCO)C2. The number of nitrogens with zero attached hydrogens (tertiary/aromatic N) is 2. The molecule has 2 unspecified atom stereocenters. The molecule has 2 atom stereocenters. The maximum atomic E-state index is 9.08. The van der Waals surface area contributed by atoms with Crippen molar-refractivity contribution in [3.8, 4) is 0 Å². The fourth-order valence-corrected chi connectivity index (χ4v) is 3.68. The van der Waals surface area contributed by atoms with E-state index >= 15 is 0 Å². The van der Waals surface area contributed by atoms with Gasteiger partial charge in [0.2, 0.25) is 0 Å². The molecule has 1 aromatic heterocycles. The predicted molar refractivity (Wildman–Crippen MR) is 86.2 cm³/mol. The number of nitrogens with one attached hydrogen (secondary N) is 1. The third-order valence-electron chi connectivity index (χ3n) is 4.23. The number of unbranched alkanes of at least 4 members (excludes halogenated alkanes) is 1. The van der Waals surface area contributed by atoms with Crippen molar-refractivity contribution >= 4 is 21.7 Å². The fraction of sp³-hybridized carbons (Fsp3) is 0.800. The number of rotatable bonds is 7. The number of fused-ring (bicyclic) bond motifs is 1. The Labute approximate surface area is 130 Å². The van der Waals surface area contributed by atoms with Crippen molar-refractivity contribution in [2.45, 2.75) is 58.4 Å². The zero-order valence-corrected chi connectivity index (χ0v) is 14.1. The van der Waals surface area contributed by atoms with Crippen LogP contribution in [-0.4, -0.2) is 28.0 Å². The van der Waals surface area contributed by atoms with Crippen LogP contribution in [0.1, 0.15) is 57.6 Å². The third kappa shape index (κ3) is 3.37. The zero-order valence-electron chi connectivity index (χ0n) is 12.5. The van der Waals surface area contributed by atoms with Gasteiger partial charge in [-0.2, -0.15) is 5.10 Å². The molecular formula is C15H26BrN3O. The zero-order chi connectivity index (χ0) is 14.5. The number of anilines is 1. The van der Waals surface area contributed by atoms with Crippen LogP contribution in [0.4, 0.5) is 5.82 Å². The first-order chi connectivity index (χ1) is 9.71. The molecule has 0 bridgehead atoms. The number of hydrogen-bond donors (Lipinski definition) is 2. The summed E-state index contributed by atoms with van der Waals surface area (Å²) in [5.74, 6) is 2.13. The summed E-state index contributed by atoms with van der Waals surface area (Å²) in [6, 6.07) is 0. The lowest BCUT2D eigenvalue weighted by molar-refractivity contribution is 0.244. The lowest BCUT2D eigenvalue weighted by Crippen LogP contribution is -2.28. The summed E-state index contributed by atoms with van der Waals surface area (Å²) in [7, 11) is 0. The molecule has 2 rings (SSSR count). The first kappa shape index (κ1) is 15.8. The Kier molecular flexibility index (Phi) is 5.90. The normalized spacial score (nSPS) is 19.5. The van der Waals surface area contributed by atoms with E-state index in [2.05, 4.69) is 39.8 Å². The molecule has 0 radical (unpaired) electrons. The van der Waals surface area contributed by atoms with Crippen molar-refractivity contribution < 1.29 is 5.11 Å². The van der Waals surface area contributed by atoms with Gasteiger partial charge in [0, 0.05) is 25.6 Å². The average Bonchev–Trinajstić information content (AvgIpc) is 2.77. The van der Waals surface area contributed by atoms with E-state index in [-0.39, 0.29) is 6.61 Å². The summed E-state index contributed by atoms with van der Waals surface area (Å²) >= 11 is 3.73. The van der Waals surface area contributed by atoms with Crippen LogP contribution in [0.5, 0.6) is 0 Å². The minimum absolute atomic E-state index is 0.255. The van der Waals surface area contributed by atoms with E-state index in [0.29, 0.717) is 11.8 Å². The first-order valence-electron chi connectivity index (χ1n) is 7.82. The predicted octanol–water partition coefficient (Wildman–Crippen LogP) is 3.75. The molecule has 5 heteroatoms. The minimum Gasteiger partial charge on any atom is -0.396 e.